The molecule has 0 aliphatic rings. The topological polar surface area (TPSA) is 52.0 Å². The molecule has 0 aliphatic heterocycles. The van der Waals surface area contributed by atoms with Crippen LogP contribution in [0.25, 0.3) is 0 Å². The van der Waals surface area contributed by atoms with Crippen molar-refractivity contribution in [2.45, 2.75) is 13.8 Å². The normalized spacial score (nSPS) is 10.6. The summed E-state index contributed by atoms with van der Waals surface area (Å²) in [5.41, 5.74) is 1.27. The van der Waals surface area contributed by atoms with E-state index in [1.807, 2.05) is 19.1 Å². The molecule has 0 heterocycles. The summed E-state index contributed by atoms with van der Waals surface area (Å²) >= 11 is 0. The molecule has 0 unspecified atom stereocenters. The fraction of sp³-hybridized carbons (Fsp3) is 0.250. The van der Waals surface area contributed by atoms with Gasteiger partial charge in [0.2, 0.25) is 0 Å². The van der Waals surface area contributed by atoms with Crippen molar-refractivity contribution in [2.75, 3.05) is 0 Å². The smallest absolute Gasteiger partial charge is 0.0401 e. The van der Waals surface area contributed by atoms with Crippen LogP contribution in [0.3, 0.4) is 0 Å². The maximum atomic E-state index is 4.00. The van der Waals surface area contributed by atoms with Gasteiger partial charge in [0, 0.05) is 0 Å². The average Bonchev–Trinajstić information content (AvgIpc) is 2.04. The Hall–Kier alpha value is -0.860. The summed E-state index contributed by atoms with van der Waals surface area (Å²) in [6, 6.07) is 0. The lowest BCUT2D eigenvalue weighted by atomic mass is 10.3. The molecule has 0 amide bonds. The van der Waals surface area contributed by atoms with Crippen LogP contribution in [0, 0.1) is 0 Å². The van der Waals surface area contributed by atoms with E-state index in [2.05, 4.69) is 31.3 Å². The van der Waals surface area contributed by atoms with E-state index in [9.17, 15) is 0 Å². The number of hydrazine groups is 1. The minimum absolute atomic E-state index is 1.27. The van der Waals surface area contributed by atoms with Gasteiger partial charge in [-0.05, 0) is 13.8 Å². The van der Waals surface area contributed by atoms with Crippen LogP contribution in [-0.2, 0) is 0 Å². The number of allylic oxidation sites excluding steroid dienone is 5. The van der Waals surface area contributed by atoms with E-state index in [0.29, 0.717) is 0 Å². The van der Waals surface area contributed by atoms with Gasteiger partial charge < -0.3 is 0 Å². The second kappa shape index (κ2) is 11.0. The third-order valence-corrected chi connectivity index (χ3v) is 0.951. The van der Waals surface area contributed by atoms with Crippen LogP contribution in [0.1, 0.15) is 13.8 Å². The maximum absolute atomic E-state index is 4.00. The monoisotopic (exact) mass is 140 g/mol. The minimum atomic E-state index is 1.27. The molecule has 0 fully saturated rings. The summed E-state index contributed by atoms with van der Waals surface area (Å²) in [6.45, 7) is 7.63. The molecule has 0 spiro atoms. The van der Waals surface area contributed by atoms with Crippen LogP contribution in [0.15, 0.2) is 36.5 Å². The molecule has 0 aliphatic carbocycles. The van der Waals surface area contributed by atoms with Crippen molar-refractivity contribution in [2.24, 2.45) is 11.7 Å². The number of rotatable bonds is 2. The summed E-state index contributed by atoms with van der Waals surface area (Å²) in [5.74, 6) is 8.00. The molecule has 2 heteroatoms. The largest absolute Gasteiger partial charge is 0.274 e. The summed E-state index contributed by atoms with van der Waals surface area (Å²) in [4.78, 5) is 0. The molecule has 2 nitrogen and oxygen atoms in total. The molecule has 0 saturated carbocycles. The van der Waals surface area contributed by atoms with E-state index in [0.717, 1.165) is 0 Å². The average molecular weight is 140 g/mol. The zero-order valence-corrected chi connectivity index (χ0v) is 6.67. The lowest BCUT2D eigenvalue weighted by molar-refractivity contribution is 1.26. The predicted octanol–water partition coefficient (Wildman–Crippen LogP) is 1.51. The van der Waals surface area contributed by atoms with Crippen molar-refractivity contribution >= 4 is 0 Å². The van der Waals surface area contributed by atoms with Crippen molar-refractivity contribution in [3.05, 3.63) is 36.5 Å². The molecule has 0 aromatic heterocycles. The Morgan fingerprint density at radius 3 is 2.20 bits per heavy atom. The van der Waals surface area contributed by atoms with E-state index < -0.39 is 0 Å². The van der Waals surface area contributed by atoms with E-state index in [1.165, 1.54) is 5.57 Å². The highest BCUT2D eigenvalue weighted by Crippen LogP contribution is 1.92. The Kier molecular flexibility index (Phi) is 13.1. The quantitative estimate of drug-likeness (QED) is 0.347. The molecule has 0 saturated heterocycles. The molecule has 0 bridgehead atoms. The van der Waals surface area contributed by atoms with Gasteiger partial charge in [0.25, 0.3) is 0 Å². The van der Waals surface area contributed by atoms with Crippen molar-refractivity contribution in [3.63, 3.8) is 0 Å². The highest BCUT2D eigenvalue weighted by atomic mass is 15.0. The van der Waals surface area contributed by atoms with Crippen molar-refractivity contribution in [1.82, 2.24) is 0 Å². The second-order valence-corrected chi connectivity index (χ2v) is 1.63. The first kappa shape index (κ1) is 11.9. The van der Waals surface area contributed by atoms with Gasteiger partial charge in [-0.15, -0.1) is 0 Å². The van der Waals surface area contributed by atoms with Gasteiger partial charge in [0.05, 0.1) is 0 Å². The maximum Gasteiger partial charge on any atom is -0.0401 e. The summed E-state index contributed by atoms with van der Waals surface area (Å²) in [5, 5.41) is 0. The van der Waals surface area contributed by atoms with Crippen LogP contribution >= 0.6 is 0 Å². The fourth-order valence-corrected chi connectivity index (χ4v) is 0.316. The van der Waals surface area contributed by atoms with Crippen LogP contribution < -0.4 is 11.7 Å². The van der Waals surface area contributed by atoms with Gasteiger partial charge in [-0.3, -0.25) is 11.7 Å². The van der Waals surface area contributed by atoms with Crippen LogP contribution in [-0.4, -0.2) is 0 Å². The molecular formula is C8H16N2. The van der Waals surface area contributed by atoms with Crippen molar-refractivity contribution in [1.29, 1.82) is 0 Å². The van der Waals surface area contributed by atoms with E-state index in [1.54, 1.807) is 6.08 Å². The molecule has 0 aromatic carbocycles. The minimum Gasteiger partial charge on any atom is -0.274 e. The Bertz CT molecular complexity index is 123. The predicted molar refractivity (Wildman–Crippen MR) is 47.1 cm³/mol. The van der Waals surface area contributed by atoms with Gasteiger partial charge in [-0.2, -0.15) is 0 Å². The molecule has 0 rings (SSSR count). The van der Waals surface area contributed by atoms with Crippen molar-refractivity contribution < 1.29 is 0 Å². The van der Waals surface area contributed by atoms with Gasteiger partial charge >= 0.3 is 0 Å². The van der Waals surface area contributed by atoms with E-state index in [4.69, 9.17) is 0 Å². The highest BCUT2D eigenvalue weighted by molar-refractivity contribution is 5.18. The highest BCUT2D eigenvalue weighted by Gasteiger charge is 1.70. The van der Waals surface area contributed by atoms with Crippen LogP contribution in [0.4, 0.5) is 0 Å². The lowest BCUT2D eigenvalue weighted by Crippen LogP contribution is -2.02. The van der Waals surface area contributed by atoms with Crippen LogP contribution in [0.2, 0.25) is 0 Å². The first-order valence-electron chi connectivity index (χ1n) is 3.06. The number of hydrogen-bond acceptors (Lipinski definition) is 2. The third-order valence-electron chi connectivity index (χ3n) is 0.951. The Labute approximate surface area is 62.9 Å². The Morgan fingerprint density at radius 2 is 1.90 bits per heavy atom. The lowest BCUT2D eigenvalue weighted by Gasteiger charge is -1.82. The summed E-state index contributed by atoms with van der Waals surface area (Å²) in [7, 11) is 0. The standard InChI is InChI=1S/C8H12.H4N2/c1-4-6-7-8(3)5-2;1-2/h4-7H,1H2,2-3H3;1-2H2/b7-6-,8-5-;. The van der Waals surface area contributed by atoms with Gasteiger partial charge in [-0.25, -0.2) is 0 Å². The molecule has 4 N–H and O–H groups in total. The second-order valence-electron chi connectivity index (χ2n) is 1.63. The van der Waals surface area contributed by atoms with Gasteiger partial charge in [0.1, 0.15) is 0 Å². The summed E-state index contributed by atoms with van der Waals surface area (Å²) in [6.07, 6.45) is 7.77. The number of hydrogen-bond donors (Lipinski definition) is 2. The molecule has 10 heavy (non-hydrogen) atoms. The van der Waals surface area contributed by atoms with Crippen LogP contribution in [0.5, 0.6) is 0 Å². The summed E-state index contributed by atoms with van der Waals surface area (Å²) < 4.78 is 0. The molecule has 58 valence electrons. The zero-order valence-electron chi connectivity index (χ0n) is 6.67. The first-order chi connectivity index (χ1) is 4.81. The third kappa shape index (κ3) is 10.2. The molecule has 0 atom stereocenters. The Balaban J connectivity index is 0. The van der Waals surface area contributed by atoms with E-state index >= 15 is 0 Å². The molecular weight excluding hydrogens is 124 g/mol. The fourth-order valence-electron chi connectivity index (χ4n) is 0.316. The first-order valence-corrected chi connectivity index (χ1v) is 3.06. The van der Waals surface area contributed by atoms with Gasteiger partial charge in [0.15, 0.2) is 0 Å². The zero-order chi connectivity index (χ0) is 8.41. The molecule has 0 aromatic rings. The van der Waals surface area contributed by atoms with Gasteiger partial charge in [-0.1, -0.05) is 36.5 Å². The molecule has 0 radical (unpaired) electrons. The van der Waals surface area contributed by atoms with Crippen molar-refractivity contribution in [3.8, 4) is 0 Å². The number of nitrogens with two attached hydrogens (primary N) is 2. The Morgan fingerprint density at radius 1 is 1.40 bits per heavy atom. The van der Waals surface area contributed by atoms with E-state index in [-0.39, 0.29) is 0 Å². The SMILES string of the molecule is C=C/C=C\C(C)=C/C.NN.